The maximum absolute atomic E-state index is 6.71. The molecule has 10 rings (SSSR count). The van der Waals surface area contributed by atoms with Crippen LogP contribution >= 0.6 is 11.3 Å². The molecule has 2 aromatic heterocycles. The van der Waals surface area contributed by atoms with Crippen molar-refractivity contribution >= 4 is 64.9 Å². The van der Waals surface area contributed by atoms with Crippen LogP contribution in [0.2, 0.25) is 0 Å². The highest BCUT2D eigenvalue weighted by atomic mass is 32.1. The number of para-hydroxylation sites is 1. The van der Waals surface area contributed by atoms with E-state index in [4.69, 9.17) is 4.42 Å². The van der Waals surface area contributed by atoms with Crippen molar-refractivity contribution in [1.82, 2.24) is 0 Å². The van der Waals surface area contributed by atoms with Gasteiger partial charge in [0.05, 0.1) is 0 Å². The maximum atomic E-state index is 6.71. The average Bonchev–Trinajstić information content (AvgIpc) is 3.75. The Morgan fingerprint density at radius 2 is 1.20 bits per heavy atom. The smallest absolute Gasteiger partial charge is 0.143 e. The zero-order valence-corrected chi connectivity index (χ0v) is 25.8. The van der Waals surface area contributed by atoms with Crippen LogP contribution in [0.5, 0.6) is 0 Å². The van der Waals surface area contributed by atoms with E-state index in [1.807, 2.05) is 11.3 Å². The van der Waals surface area contributed by atoms with Gasteiger partial charge in [0.25, 0.3) is 0 Å². The van der Waals surface area contributed by atoms with Gasteiger partial charge in [0.1, 0.15) is 11.2 Å². The molecule has 45 heavy (non-hydrogen) atoms. The molecular weight excluding hydrogens is 565 g/mol. The fraction of sp³-hybridized carbons (Fsp3) is 0.0698. The van der Waals surface area contributed by atoms with E-state index < -0.39 is 0 Å². The van der Waals surface area contributed by atoms with Gasteiger partial charge in [0.2, 0.25) is 0 Å². The summed E-state index contributed by atoms with van der Waals surface area (Å²) in [6, 6.07) is 46.8. The van der Waals surface area contributed by atoms with Gasteiger partial charge in [0.15, 0.2) is 0 Å². The van der Waals surface area contributed by atoms with Crippen LogP contribution in [0.25, 0.3) is 87.0 Å². The summed E-state index contributed by atoms with van der Waals surface area (Å²) < 4.78 is 8.01. The van der Waals surface area contributed by atoms with E-state index in [9.17, 15) is 0 Å². The van der Waals surface area contributed by atoms with Gasteiger partial charge in [-0.1, -0.05) is 117 Å². The van der Waals surface area contributed by atoms with E-state index in [0.717, 1.165) is 21.9 Å². The molecule has 2 heteroatoms. The maximum Gasteiger partial charge on any atom is 0.143 e. The van der Waals surface area contributed by atoms with Gasteiger partial charge in [-0.2, -0.15) is 0 Å². The number of furan rings is 1. The lowest BCUT2D eigenvalue weighted by Gasteiger charge is -2.23. The molecule has 0 aliphatic heterocycles. The highest BCUT2D eigenvalue weighted by Gasteiger charge is 2.35. The first kappa shape index (κ1) is 25.2. The molecule has 0 saturated carbocycles. The second kappa shape index (κ2) is 8.94. The zero-order chi connectivity index (χ0) is 29.9. The standard InChI is InChI=1S/C43H28OS/c1-43(2)35-16-8-5-11-26(35)27-20-19-25(23-36(27)43)39-30-14-3-4-15-31(30)41-33(40(39)34-24-45-38-18-10-7-13-29(34)38)22-21-32-28-12-6-9-17-37(28)44-42(32)41/h3-24H,1-2H3. The minimum atomic E-state index is -0.0791. The minimum Gasteiger partial charge on any atom is -0.455 e. The first-order chi connectivity index (χ1) is 22.1. The van der Waals surface area contributed by atoms with Crippen molar-refractivity contribution in [1.29, 1.82) is 0 Å². The van der Waals surface area contributed by atoms with E-state index in [1.54, 1.807) is 0 Å². The summed E-state index contributed by atoms with van der Waals surface area (Å²) in [7, 11) is 0. The summed E-state index contributed by atoms with van der Waals surface area (Å²) in [5, 5.41) is 10.8. The zero-order valence-electron chi connectivity index (χ0n) is 25.0. The van der Waals surface area contributed by atoms with Crippen molar-refractivity contribution in [2.75, 3.05) is 0 Å². The summed E-state index contributed by atoms with van der Waals surface area (Å²) in [5.74, 6) is 0. The number of rotatable bonds is 2. The Bertz CT molecular complexity index is 2680. The summed E-state index contributed by atoms with van der Waals surface area (Å²) in [4.78, 5) is 0. The first-order valence-corrected chi connectivity index (χ1v) is 16.5. The Kier molecular flexibility index (Phi) is 5.00. The van der Waals surface area contributed by atoms with Crippen LogP contribution in [-0.4, -0.2) is 0 Å². The monoisotopic (exact) mass is 592 g/mol. The van der Waals surface area contributed by atoms with Gasteiger partial charge in [-0.25, -0.2) is 0 Å². The molecule has 1 nitrogen and oxygen atoms in total. The Balaban J connectivity index is 1.39. The molecule has 1 aliphatic carbocycles. The number of hydrogen-bond acceptors (Lipinski definition) is 2. The Morgan fingerprint density at radius 3 is 2.09 bits per heavy atom. The molecule has 1 aliphatic rings. The SMILES string of the molecule is CC1(C)c2ccccc2-c2ccc(-c3c(-c4csc5ccccc45)c4ccc5c6ccccc6oc5c4c4ccccc34)cc21. The van der Waals surface area contributed by atoms with Crippen LogP contribution in [0, 0.1) is 0 Å². The number of thiophene rings is 1. The largest absolute Gasteiger partial charge is 0.455 e. The van der Waals surface area contributed by atoms with E-state index in [2.05, 4.69) is 147 Å². The van der Waals surface area contributed by atoms with E-state index in [0.29, 0.717) is 0 Å². The second-order valence-corrected chi connectivity index (χ2v) is 13.7. The van der Waals surface area contributed by atoms with Crippen LogP contribution in [-0.2, 0) is 5.41 Å². The second-order valence-electron chi connectivity index (χ2n) is 12.8. The normalized spacial score (nSPS) is 13.7. The van der Waals surface area contributed by atoms with E-state index in [-0.39, 0.29) is 5.41 Å². The third-order valence-electron chi connectivity index (χ3n) is 10.2. The third kappa shape index (κ3) is 3.32. The van der Waals surface area contributed by atoms with Gasteiger partial charge in [-0.05, 0) is 84.7 Å². The summed E-state index contributed by atoms with van der Waals surface area (Å²) in [5.41, 5.74) is 12.4. The lowest BCUT2D eigenvalue weighted by Crippen LogP contribution is -2.14. The van der Waals surface area contributed by atoms with Crippen molar-refractivity contribution in [3.05, 3.63) is 144 Å². The molecule has 0 bridgehead atoms. The number of hydrogen-bond donors (Lipinski definition) is 0. The fourth-order valence-corrected chi connectivity index (χ4v) is 9.02. The van der Waals surface area contributed by atoms with Gasteiger partial charge >= 0.3 is 0 Å². The lowest BCUT2D eigenvalue weighted by molar-refractivity contribution is 0.660. The summed E-state index contributed by atoms with van der Waals surface area (Å²) >= 11 is 1.82. The van der Waals surface area contributed by atoms with Crippen LogP contribution in [0.4, 0.5) is 0 Å². The molecule has 7 aromatic carbocycles. The highest BCUT2D eigenvalue weighted by molar-refractivity contribution is 7.17. The Hall–Kier alpha value is -5.18. The Morgan fingerprint density at radius 1 is 0.511 bits per heavy atom. The molecule has 0 N–H and O–H groups in total. The van der Waals surface area contributed by atoms with Crippen molar-refractivity contribution in [2.24, 2.45) is 0 Å². The molecule has 212 valence electrons. The molecule has 0 fully saturated rings. The highest BCUT2D eigenvalue weighted by Crippen LogP contribution is 2.53. The van der Waals surface area contributed by atoms with Crippen LogP contribution in [0.1, 0.15) is 25.0 Å². The van der Waals surface area contributed by atoms with Crippen LogP contribution < -0.4 is 0 Å². The van der Waals surface area contributed by atoms with Crippen molar-refractivity contribution in [3.8, 4) is 33.4 Å². The first-order valence-electron chi connectivity index (χ1n) is 15.6. The molecule has 0 unspecified atom stereocenters. The predicted molar refractivity (Wildman–Crippen MR) is 193 cm³/mol. The summed E-state index contributed by atoms with van der Waals surface area (Å²) in [6.07, 6.45) is 0. The molecule has 0 saturated heterocycles. The number of fused-ring (bicyclic) bond motifs is 11. The number of benzene rings is 7. The predicted octanol–water partition coefficient (Wildman–Crippen LogP) is 12.7. The minimum absolute atomic E-state index is 0.0791. The topological polar surface area (TPSA) is 13.1 Å². The summed E-state index contributed by atoms with van der Waals surface area (Å²) in [6.45, 7) is 4.73. The van der Waals surface area contributed by atoms with Crippen molar-refractivity contribution < 1.29 is 4.42 Å². The van der Waals surface area contributed by atoms with Crippen LogP contribution in [0.3, 0.4) is 0 Å². The van der Waals surface area contributed by atoms with Gasteiger partial charge < -0.3 is 4.42 Å². The van der Waals surface area contributed by atoms with Crippen molar-refractivity contribution in [2.45, 2.75) is 19.3 Å². The lowest BCUT2D eigenvalue weighted by atomic mass is 9.80. The van der Waals surface area contributed by atoms with E-state index >= 15 is 0 Å². The quantitative estimate of drug-likeness (QED) is 0.182. The van der Waals surface area contributed by atoms with Gasteiger partial charge in [0, 0.05) is 37.2 Å². The van der Waals surface area contributed by atoms with E-state index in [1.165, 1.54) is 76.1 Å². The molecule has 0 atom stereocenters. The molecule has 0 amide bonds. The molecule has 0 spiro atoms. The average molecular weight is 593 g/mol. The molecular formula is C43H28OS. The van der Waals surface area contributed by atoms with Gasteiger partial charge in [-0.3, -0.25) is 0 Å². The van der Waals surface area contributed by atoms with Crippen LogP contribution in [0.15, 0.2) is 137 Å². The van der Waals surface area contributed by atoms with Crippen molar-refractivity contribution in [3.63, 3.8) is 0 Å². The fourth-order valence-electron chi connectivity index (χ4n) is 8.06. The molecule has 0 radical (unpaired) electrons. The van der Waals surface area contributed by atoms with Gasteiger partial charge in [-0.15, -0.1) is 11.3 Å². The third-order valence-corrected chi connectivity index (χ3v) is 11.1. The Labute approximate surface area is 265 Å². The molecule has 9 aromatic rings. The molecule has 2 heterocycles.